The molecule has 7 aromatic rings. The molecule has 0 saturated carbocycles. The number of hydrogen-bond donors (Lipinski definition) is 0. The van der Waals surface area contributed by atoms with Gasteiger partial charge in [0, 0.05) is 17.1 Å². The normalized spacial score (nSPS) is 10.8. The van der Waals surface area contributed by atoms with E-state index in [2.05, 4.69) is 229 Å². The van der Waals surface area contributed by atoms with E-state index in [0.717, 1.165) is 28.2 Å². The Balaban J connectivity index is 1.17. The summed E-state index contributed by atoms with van der Waals surface area (Å²) in [6.07, 6.45) is 8.79. The number of rotatable bonds is 10. The Morgan fingerprint density at radius 3 is 1.10 bits per heavy atom. The van der Waals surface area contributed by atoms with E-state index in [-0.39, 0.29) is 0 Å². The van der Waals surface area contributed by atoms with Crippen LogP contribution in [0.15, 0.2) is 212 Å². The maximum atomic E-state index is 2.30. The first kappa shape index (κ1) is 31.2. The van der Waals surface area contributed by atoms with E-state index < -0.39 is 0 Å². The molecule has 1 nitrogen and oxygen atoms in total. The number of nitrogens with zero attached hydrogens (tertiary/aromatic N) is 1. The highest BCUT2D eigenvalue weighted by Gasteiger charge is 2.12. The number of hydrogen-bond acceptors (Lipinski definition) is 1. The van der Waals surface area contributed by atoms with Gasteiger partial charge in [0.05, 0.1) is 0 Å². The molecule has 0 aromatic heterocycles. The molecule has 1 heteroatoms. The van der Waals surface area contributed by atoms with Gasteiger partial charge in [-0.1, -0.05) is 182 Å². The summed E-state index contributed by atoms with van der Waals surface area (Å²) in [7, 11) is 0. The Hall–Kier alpha value is -6.44. The number of benzene rings is 7. The lowest BCUT2D eigenvalue weighted by Crippen LogP contribution is -2.09. The minimum atomic E-state index is 1.10. The van der Waals surface area contributed by atoms with Crippen molar-refractivity contribution >= 4 is 40.4 Å². The number of para-hydroxylation sites is 1. The van der Waals surface area contributed by atoms with Gasteiger partial charge in [-0.2, -0.15) is 0 Å². The van der Waals surface area contributed by atoms with E-state index in [0.29, 0.717) is 0 Å². The lowest BCUT2D eigenvalue weighted by atomic mass is 9.95. The van der Waals surface area contributed by atoms with Gasteiger partial charge in [-0.15, -0.1) is 0 Å². The summed E-state index contributed by atoms with van der Waals surface area (Å²) in [5.74, 6) is 0. The number of allylic oxidation sites excluding steroid dienone is 2. The van der Waals surface area contributed by atoms with Gasteiger partial charge in [0.1, 0.15) is 0 Å². The van der Waals surface area contributed by atoms with Gasteiger partial charge in [0.15, 0.2) is 0 Å². The fourth-order valence-electron chi connectivity index (χ4n) is 6.06. The molecule has 7 aromatic carbocycles. The topological polar surface area (TPSA) is 3.24 Å². The molecule has 0 aliphatic heterocycles. The summed E-state index contributed by atoms with van der Waals surface area (Å²) in [4.78, 5) is 2.30. The van der Waals surface area contributed by atoms with Crippen LogP contribution in [-0.2, 0) is 0 Å². The summed E-state index contributed by atoms with van der Waals surface area (Å²) in [6, 6.07) is 70.4. The molecule has 0 bridgehead atoms. The van der Waals surface area contributed by atoms with Crippen LogP contribution in [0.1, 0.15) is 33.4 Å². The van der Waals surface area contributed by atoms with Crippen molar-refractivity contribution in [2.24, 2.45) is 0 Å². The zero-order valence-corrected chi connectivity index (χ0v) is 27.3. The molecular formula is C48H37N. The highest BCUT2D eigenvalue weighted by atomic mass is 15.1. The van der Waals surface area contributed by atoms with Gasteiger partial charge < -0.3 is 4.90 Å². The van der Waals surface area contributed by atoms with Crippen molar-refractivity contribution in [3.05, 3.63) is 246 Å². The third-order valence-corrected chi connectivity index (χ3v) is 8.52. The van der Waals surface area contributed by atoms with E-state index in [1.165, 1.54) is 33.4 Å². The molecule has 0 unspecified atom stereocenters. The zero-order valence-electron chi connectivity index (χ0n) is 27.3. The van der Waals surface area contributed by atoms with Gasteiger partial charge >= 0.3 is 0 Å². The average Bonchev–Trinajstić information content (AvgIpc) is 3.18. The molecule has 0 amide bonds. The predicted molar refractivity (Wildman–Crippen MR) is 210 cm³/mol. The Bertz CT molecular complexity index is 2060. The third kappa shape index (κ3) is 7.76. The fourth-order valence-corrected chi connectivity index (χ4v) is 6.06. The second-order valence-electron chi connectivity index (χ2n) is 11.8. The van der Waals surface area contributed by atoms with Gasteiger partial charge in [0.25, 0.3) is 0 Å². The molecule has 0 N–H and O–H groups in total. The standard InChI is InChI=1S/C48H37N/c1-6-18-40(19-7-1)47(41-20-8-2-9-21-41)28-16-17-38-29-33-45(34-30-38)49(44-26-14-5-15-27-44)46-35-31-39(32-36-46)37-48(42-22-10-3-11-23-42)43-24-12-4-13-25-43/h1-37H. The van der Waals surface area contributed by atoms with Gasteiger partial charge in [-0.3, -0.25) is 0 Å². The van der Waals surface area contributed by atoms with Gasteiger partial charge in [-0.25, -0.2) is 0 Å². The second kappa shape index (κ2) is 15.4. The van der Waals surface area contributed by atoms with Gasteiger partial charge in [0.2, 0.25) is 0 Å². The third-order valence-electron chi connectivity index (χ3n) is 8.52. The van der Waals surface area contributed by atoms with Crippen molar-refractivity contribution in [2.75, 3.05) is 4.90 Å². The minimum Gasteiger partial charge on any atom is -0.311 e. The average molecular weight is 628 g/mol. The Labute approximate surface area is 290 Å². The van der Waals surface area contributed by atoms with Crippen LogP contribution in [0.2, 0.25) is 0 Å². The SMILES string of the molecule is C(=Cc1ccc(N(c2ccccc2)c2ccc(C=C(c3ccccc3)c3ccccc3)cc2)cc1)C=C(c1ccccc1)c1ccccc1. The maximum Gasteiger partial charge on any atom is 0.0462 e. The molecule has 0 fully saturated rings. The first-order valence-corrected chi connectivity index (χ1v) is 16.7. The molecule has 7 rings (SSSR count). The van der Waals surface area contributed by atoms with E-state index in [4.69, 9.17) is 0 Å². The molecule has 0 radical (unpaired) electrons. The molecule has 49 heavy (non-hydrogen) atoms. The fraction of sp³-hybridized carbons (Fsp3) is 0. The van der Waals surface area contributed by atoms with Crippen LogP contribution in [0.4, 0.5) is 17.1 Å². The molecular weight excluding hydrogens is 591 g/mol. The lowest BCUT2D eigenvalue weighted by molar-refractivity contribution is 1.28. The molecule has 0 aliphatic rings. The lowest BCUT2D eigenvalue weighted by Gasteiger charge is -2.25. The van der Waals surface area contributed by atoms with E-state index >= 15 is 0 Å². The number of anilines is 3. The van der Waals surface area contributed by atoms with E-state index in [1.54, 1.807) is 0 Å². The first-order valence-electron chi connectivity index (χ1n) is 16.7. The van der Waals surface area contributed by atoms with Crippen LogP contribution < -0.4 is 4.90 Å². The quantitative estimate of drug-likeness (QED) is 0.108. The Morgan fingerprint density at radius 1 is 0.327 bits per heavy atom. The van der Waals surface area contributed by atoms with Crippen molar-refractivity contribution in [3.8, 4) is 0 Å². The molecule has 0 atom stereocenters. The van der Waals surface area contributed by atoms with E-state index in [9.17, 15) is 0 Å². The monoisotopic (exact) mass is 627 g/mol. The van der Waals surface area contributed by atoms with Crippen LogP contribution in [0.5, 0.6) is 0 Å². The van der Waals surface area contributed by atoms with Crippen LogP contribution in [0.3, 0.4) is 0 Å². The maximum absolute atomic E-state index is 2.30. The molecule has 0 saturated heterocycles. The largest absolute Gasteiger partial charge is 0.311 e. The van der Waals surface area contributed by atoms with Crippen LogP contribution in [0, 0.1) is 0 Å². The zero-order chi connectivity index (χ0) is 33.1. The summed E-state index contributed by atoms with van der Waals surface area (Å²) < 4.78 is 0. The van der Waals surface area contributed by atoms with Crippen LogP contribution in [-0.4, -0.2) is 0 Å². The molecule has 0 heterocycles. The minimum absolute atomic E-state index is 1.10. The molecule has 0 spiro atoms. The van der Waals surface area contributed by atoms with Crippen molar-refractivity contribution in [2.45, 2.75) is 0 Å². The predicted octanol–water partition coefficient (Wildman–Crippen LogP) is 12.9. The van der Waals surface area contributed by atoms with Crippen LogP contribution in [0.25, 0.3) is 23.3 Å². The molecule has 234 valence electrons. The summed E-state index contributed by atoms with van der Waals surface area (Å²) in [5, 5.41) is 0. The Morgan fingerprint density at radius 2 is 0.673 bits per heavy atom. The Kier molecular flexibility index (Phi) is 9.82. The first-order chi connectivity index (χ1) is 24.3. The van der Waals surface area contributed by atoms with Crippen molar-refractivity contribution in [3.63, 3.8) is 0 Å². The smallest absolute Gasteiger partial charge is 0.0462 e. The second-order valence-corrected chi connectivity index (χ2v) is 11.8. The van der Waals surface area contributed by atoms with Crippen LogP contribution >= 0.6 is 0 Å². The summed E-state index contributed by atoms with van der Waals surface area (Å²) in [6.45, 7) is 0. The summed E-state index contributed by atoms with van der Waals surface area (Å²) >= 11 is 0. The highest BCUT2D eigenvalue weighted by molar-refractivity contribution is 5.92. The molecule has 0 aliphatic carbocycles. The van der Waals surface area contributed by atoms with Crippen molar-refractivity contribution in [1.29, 1.82) is 0 Å². The van der Waals surface area contributed by atoms with Gasteiger partial charge in [-0.05, 0) is 87.0 Å². The summed E-state index contributed by atoms with van der Waals surface area (Å²) in [5.41, 5.74) is 12.8. The van der Waals surface area contributed by atoms with E-state index in [1.807, 2.05) is 0 Å². The van der Waals surface area contributed by atoms with Crippen molar-refractivity contribution < 1.29 is 0 Å². The van der Waals surface area contributed by atoms with Crippen molar-refractivity contribution in [1.82, 2.24) is 0 Å². The highest BCUT2D eigenvalue weighted by Crippen LogP contribution is 2.35.